The Hall–Kier alpha value is -1.10. The number of carboxylic acids is 1. The van der Waals surface area contributed by atoms with Crippen LogP contribution >= 0.6 is 0 Å². The van der Waals surface area contributed by atoms with Gasteiger partial charge in [-0.1, -0.05) is 0 Å². The first kappa shape index (κ1) is 12.0. The summed E-state index contributed by atoms with van der Waals surface area (Å²) in [5.74, 6) is -0.475. The Kier molecular flexibility index (Phi) is 3.01. The number of carboxylic acid groups (broad SMARTS) is 1. The highest BCUT2D eigenvalue weighted by Gasteiger charge is 2.47. The van der Waals surface area contributed by atoms with Crippen LogP contribution in [0.5, 0.6) is 0 Å². The van der Waals surface area contributed by atoms with Crippen molar-refractivity contribution >= 4 is 11.9 Å². The number of carbonyl (C=O) groups is 2. The van der Waals surface area contributed by atoms with Crippen LogP contribution in [-0.4, -0.2) is 58.0 Å². The fourth-order valence-electron chi connectivity index (χ4n) is 3.52. The highest BCUT2D eigenvalue weighted by atomic mass is 16.4. The number of hydrogen-bond acceptors (Lipinski definition) is 3. The topological polar surface area (TPSA) is 60.9 Å². The van der Waals surface area contributed by atoms with Gasteiger partial charge in [-0.05, 0) is 25.7 Å². The molecule has 5 nitrogen and oxygen atoms in total. The molecule has 3 rings (SSSR count). The number of amides is 1. The minimum absolute atomic E-state index is 0.188. The van der Waals surface area contributed by atoms with Crippen LogP contribution in [0.1, 0.15) is 38.5 Å². The molecule has 1 amide bonds. The van der Waals surface area contributed by atoms with E-state index in [9.17, 15) is 9.59 Å². The number of rotatable bonds is 5. The number of aliphatic carboxylic acids is 1. The molecular formula is C13H20N2O3. The van der Waals surface area contributed by atoms with Gasteiger partial charge >= 0.3 is 5.97 Å². The van der Waals surface area contributed by atoms with Crippen molar-refractivity contribution in [2.45, 2.75) is 56.7 Å². The third kappa shape index (κ3) is 2.11. The molecule has 0 aromatic heterocycles. The Morgan fingerprint density at radius 2 is 2.17 bits per heavy atom. The molecule has 18 heavy (non-hydrogen) atoms. The van der Waals surface area contributed by atoms with Crippen LogP contribution in [0.25, 0.3) is 0 Å². The Morgan fingerprint density at radius 1 is 1.39 bits per heavy atom. The van der Waals surface area contributed by atoms with Crippen molar-refractivity contribution in [3.05, 3.63) is 0 Å². The van der Waals surface area contributed by atoms with Gasteiger partial charge in [0.15, 0.2) is 0 Å². The molecule has 2 unspecified atom stereocenters. The van der Waals surface area contributed by atoms with E-state index in [-0.39, 0.29) is 18.4 Å². The van der Waals surface area contributed by atoms with Crippen molar-refractivity contribution in [3.63, 3.8) is 0 Å². The molecule has 3 aliphatic rings. The predicted molar refractivity (Wildman–Crippen MR) is 65.1 cm³/mol. The SMILES string of the molecule is O=C(O)CCN(C1CC1)C1CC(=O)N2CCCC12. The van der Waals surface area contributed by atoms with Gasteiger partial charge in [0.05, 0.1) is 6.42 Å². The molecule has 0 spiro atoms. The minimum atomic E-state index is -0.742. The Bertz CT molecular complexity index is 367. The zero-order valence-electron chi connectivity index (χ0n) is 10.5. The molecule has 2 aliphatic heterocycles. The van der Waals surface area contributed by atoms with Crippen LogP contribution < -0.4 is 0 Å². The van der Waals surface area contributed by atoms with E-state index in [4.69, 9.17) is 5.11 Å². The molecule has 1 aliphatic carbocycles. The monoisotopic (exact) mass is 252 g/mol. The molecule has 0 radical (unpaired) electrons. The van der Waals surface area contributed by atoms with E-state index in [0.717, 1.165) is 32.2 Å². The summed E-state index contributed by atoms with van der Waals surface area (Å²) in [6.07, 6.45) is 5.31. The van der Waals surface area contributed by atoms with Crippen LogP contribution in [0.15, 0.2) is 0 Å². The van der Waals surface area contributed by atoms with Crippen LogP contribution in [0.2, 0.25) is 0 Å². The summed E-state index contributed by atoms with van der Waals surface area (Å²) in [5.41, 5.74) is 0. The first-order chi connectivity index (χ1) is 8.66. The van der Waals surface area contributed by atoms with Crippen molar-refractivity contribution in [3.8, 4) is 0 Å². The Labute approximate surface area is 107 Å². The second kappa shape index (κ2) is 4.53. The van der Waals surface area contributed by atoms with Crippen LogP contribution in [0, 0.1) is 0 Å². The van der Waals surface area contributed by atoms with E-state index in [2.05, 4.69) is 4.90 Å². The van der Waals surface area contributed by atoms with Gasteiger partial charge in [0.1, 0.15) is 0 Å². The van der Waals surface area contributed by atoms with Crippen LogP contribution in [-0.2, 0) is 9.59 Å². The number of nitrogens with zero attached hydrogens (tertiary/aromatic N) is 2. The molecule has 0 aromatic carbocycles. The first-order valence-electron chi connectivity index (χ1n) is 6.94. The lowest BCUT2D eigenvalue weighted by Gasteiger charge is -2.32. The van der Waals surface area contributed by atoms with Gasteiger partial charge in [0.25, 0.3) is 0 Å². The van der Waals surface area contributed by atoms with Gasteiger partial charge in [0.2, 0.25) is 5.91 Å². The summed E-state index contributed by atoms with van der Waals surface area (Å²) < 4.78 is 0. The molecule has 3 fully saturated rings. The van der Waals surface area contributed by atoms with E-state index < -0.39 is 5.97 Å². The van der Waals surface area contributed by atoms with E-state index in [0.29, 0.717) is 25.0 Å². The molecule has 5 heteroatoms. The van der Waals surface area contributed by atoms with Gasteiger partial charge in [-0.2, -0.15) is 0 Å². The quantitative estimate of drug-likeness (QED) is 0.782. The molecule has 2 heterocycles. The lowest BCUT2D eigenvalue weighted by molar-refractivity contribution is -0.137. The van der Waals surface area contributed by atoms with E-state index >= 15 is 0 Å². The highest BCUT2D eigenvalue weighted by molar-refractivity contribution is 5.80. The average molecular weight is 252 g/mol. The van der Waals surface area contributed by atoms with Gasteiger partial charge in [-0.25, -0.2) is 0 Å². The van der Waals surface area contributed by atoms with E-state index in [1.54, 1.807) is 0 Å². The maximum Gasteiger partial charge on any atom is 0.304 e. The summed E-state index contributed by atoms with van der Waals surface area (Å²) in [5, 5.41) is 8.84. The summed E-state index contributed by atoms with van der Waals surface area (Å²) >= 11 is 0. The molecule has 100 valence electrons. The van der Waals surface area contributed by atoms with Gasteiger partial charge in [-0.15, -0.1) is 0 Å². The third-order valence-electron chi connectivity index (χ3n) is 4.47. The molecular weight excluding hydrogens is 232 g/mol. The van der Waals surface area contributed by atoms with Gasteiger partial charge in [-0.3, -0.25) is 14.5 Å². The number of hydrogen-bond donors (Lipinski definition) is 1. The zero-order valence-corrected chi connectivity index (χ0v) is 10.5. The van der Waals surface area contributed by atoms with E-state index in [1.165, 1.54) is 0 Å². The van der Waals surface area contributed by atoms with Crippen molar-refractivity contribution in [2.75, 3.05) is 13.1 Å². The maximum absolute atomic E-state index is 11.9. The lowest BCUT2D eigenvalue weighted by Crippen LogP contribution is -2.45. The van der Waals surface area contributed by atoms with Gasteiger partial charge in [0, 0.05) is 37.6 Å². The third-order valence-corrected chi connectivity index (χ3v) is 4.47. The second-order valence-electron chi connectivity index (χ2n) is 5.68. The first-order valence-corrected chi connectivity index (χ1v) is 6.94. The van der Waals surface area contributed by atoms with Crippen LogP contribution in [0.3, 0.4) is 0 Å². The smallest absolute Gasteiger partial charge is 0.304 e. The molecule has 2 saturated heterocycles. The molecule has 2 atom stereocenters. The highest BCUT2D eigenvalue weighted by Crippen LogP contribution is 2.38. The Balaban J connectivity index is 1.70. The van der Waals surface area contributed by atoms with Crippen LogP contribution in [0.4, 0.5) is 0 Å². The summed E-state index contributed by atoms with van der Waals surface area (Å²) in [7, 11) is 0. The fourth-order valence-corrected chi connectivity index (χ4v) is 3.52. The normalized spacial score (nSPS) is 31.2. The van der Waals surface area contributed by atoms with Crippen molar-refractivity contribution in [1.82, 2.24) is 9.80 Å². The summed E-state index contributed by atoms with van der Waals surface area (Å²) in [6.45, 7) is 1.50. The number of carbonyl (C=O) groups excluding carboxylic acids is 1. The lowest BCUT2D eigenvalue weighted by atomic mass is 10.0. The van der Waals surface area contributed by atoms with Crippen molar-refractivity contribution in [1.29, 1.82) is 0 Å². The average Bonchev–Trinajstić information content (AvgIpc) is 2.94. The molecule has 1 saturated carbocycles. The van der Waals surface area contributed by atoms with Crippen molar-refractivity contribution in [2.24, 2.45) is 0 Å². The predicted octanol–water partition coefficient (Wildman–Crippen LogP) is 0.689. The molecule has 0 bridgehead atoms. The summed E-state index contributed by atoms with van der Waals surface area (Å²) in [4.78, 5) is 27.0. The Morgan fingerprint density at radius 3 is 2.83 bits per heavy atom. The maximum atomic E-state index is 11.9. The van der Waals surface area contributed by atoms with E-state index in [1.807, 2.05) is 4.90 Å². The standard InChI is InChI=1S/C13H20N2O3/c16-12-8-11(10-2-1-6-15(10)12)14(9-3-4-9)7-5-13(17)18/h9-11H,1-8H2,(H,17,18). The van der Waals surface area contributed by atoms with Gasteiger partial charge < -0.3 is 10.0 Å². The molecule has 1 N–H and O–H groups in total. The zero-order chi connectivity index (χ0) is 12.7. The summed E-state index contributed by atoms with van der Waals surface area (Å²) in [6, 6.07) is 1.15. The molecule has 0 aromatic rings. The largest absolute Gasteiger partial charge is 0.481 e. The minimum Gasteiger partial charge on any atom is -0.481 e. The van der Waals surface area contributed by atoms with Crippen molar-refractivity contribution < 1.29 is 14.7 Å². The fraction of sp³-hybridized carbons (Fsp3) is 0.846. The second-order valence-corrected chi connectivity index (χ2v) is 5.68. The number of fused-ring (bicyclic) bond motifs is 1.